The molecular formula is C19H30ClN3O4S. The maximum Gasteiger partial charge on any atom is 0.251 e. The summed E-state index contributed by atoms with van der Waals surface area (Å²) in [7, 11) is -2.24. The van der Waals surface area contributed by atoms with Crippen molar-refractivity contribution in [1.82, 2.24) is 9.62 Å². The van der Waals surface area contributed by atoms with Gasteiger partial charge in [0.2, 0.25) is 10.0 Å². The zero-order valence-corrected chi connectivity index (χ0v) is 17.9. The molecular weight excluding hydrogens is 402 g/mol. The summed E-state index contributed by atoms with van der Waals surface area (Å²) in [5.74, 6) is 0.269. The maximum atomic E-state index is 13.0. The summed E-state index contributed by atoms with van der Waals surface area (Å²) in [6, 6.07) is 4.63. The Morgan fingerprint density at radius 3 is 2.54 bits per heavy atom. The molecule has 1 heterocycles. The molecule has 1 aromatic carbocycles. The Bertz CT molecular complexity index is 781. The van der Waals surface area contributed by atoms with E-state index in [9.17, 15) is 13.2 Å². The lowest BCUT2D eigenvalue weighted by molar-refractivity contribution is 0.0908. The fourth-order valence-corrected chi connectivity index (χ4v) is 5.72. The third kappa shape index (κ3) is 4.79. The summed E-state index contributed by atoms with van der Waals surface area (Å²) in [4.78, 5) is 12.8. The van der Waals surface area contributed by atoms with E-state index in [2.05, 4.69) is 5.32 Å². The van der Waals surface area contributed by atoms with Crippen LogP contribution in [0.1, 0.15) is 48.9 Å². The Labute approximate surface area is 173 Å². The molecule has 1 saturated heterocycles. The van der Waals surface area contributed by atoms with Gasteiger partial charge in [0.25, 0.3) is 5.91 Å². The van der Waals surface area contributed by atoms with Crippen LogP contribution in [0.25, 0.3) is 0 Å². The fourth-order valence-electron chi connectivity index (χ4n) is 4.02. The van der Waals surface area contributed by atoms with E-state index >= 15 is 0 Å². The van der Waals surface area contributed by atoms with Gasteiger partial charge in [-0.1, -0.05) is 12.8 Å². The molecule has 9 heteroatoms. The predicted molar refractivity (Wildman–Crippen MR) is 111 cm³/mol. The van der Waals surface area contributed by atoms with E-state index in [0.29, 0.717) is 25.2 Å². The number of hydrogen-bond acceptors (Lipinski definition) is 5. The second-order valence-corrected chi connectivity index (χ2v) is 9.24. The summed E-state index contributed by atoms with van der Waals surface area (Å²) in [6.45, 7) is 1.55. The van der Waals surface area contributed by atoms with Gasteiger partial charge in [-0.2, -0.15) is 4.31 Å². The minimum Gasteiger partial charge on any atom is -0.495 e. The van der Waals surface area contributed by atoms with Gasteiger partial charge < -0.3 is 15.8 Å². The van der Waals surface area contributed by atoms with E-state index in [1.54, 1.807) is 12.1 Å². The number of nitrogens with zero attached hydrogens (tertiary/aromatic N) is 1. The SMILES string of the molecule is COc1ccc(C(=O)NC2CCCCC2CN)cc1S(=O)(=O)N1CCCC1.Cl. The predicted octanol–water partition coefficient (Wildman–Crippen LogP) is 2.15. The Hall–Kier alpha value is -1.35. The van der Waals surface area contributed by atoms with Gasteiger partial charge in [0, 0.05) is 24.7 Å². The lowest BCUT2D eigenvalue weighted by Gasteiger charge is -2.31. The molecule has 1 aliphatic heterocycles. The maximum absolute atomic E-state index is 13.0. The molecule has 3 N–H and O–H groups in total. The molecule has 2 atom stereocenters. The van der Waals surface area contributed by atoms with Crippen molar-refractivity contribution in [3.05, 3.63) is 23.8 Å². The number of ether oxygens (including phenoxy) is 1. The molecule has 2 fully saturated rings. The highest BCUT2D eigenvalue weighted by molar-refractivity contribution is 7.89. The highest BCUT2D eigenvalue weighted by Gasteiger charge is 2.31. The number of methoxy groups -OCH3 is 1. The lowest BCUT2D eigenvalue weighted by atomic mass is 9.84. The van der Waals surface area contributed by atoms with Gasteiger partial charge in [-0.05, 0) is 56.3 Å². The third-order valence-electron chi connectivity index (χ3n) is 5.64. The number of hydrogen-bond donors (Lipinski definition) is 2. The van der Waals surface area contributed by atoms with Crippen LogP contribution in [-0.4, -0.2) is 51.4 Å². The van der Waals surface area contributed by atoms with Crippen LogP contribution >= 0.6 is 12.4 Å². The van der Waals surface area contributed by atoms with Crippen molar-refractivity contribution in [2.24, 2.45) is 11.7 Å². The second kappa shape index (κ2) is 9.91. The Morgan fingerprint density at radius 2 is 1.89 bits per heavy atom. The molecule has 2 unspecified atom stereocenters. The third-order valence-corrected chi connectivity index (χ3v) is 7.56. The van der Waals surface area contributed by atoms with Crippen LogP contribution in [0.3, 0.4) is 0 Å². The molecule has 7 nitrogen and oxygen atoms in total. The van der Waals surface area contributed by atoms with Crippen molar-refractivity contribution in [2.75, 3.05) is 26.7 Å². The van der Waals surface area contributed by atoms with Gasteiger partial charge in [-0.25, -0.2) is 8.42 Å². The van der Waals surface area contributed by atoms with Crippen molar-refractivity contribution >= 4 is 28.3 Å². The highest BCUT2D eigenvalue weighted by atomic mass is 35.5. The molecule has 28 heavy (non-hydrogen) atoms. The monoisotopic (exact) mass is 431 g/mol. The minimum atomic E-state index is -3.68. The van der Waals surface area contributed by atoms with Gasteiger partial charge in [-0.3, -0.25) is 4.79 Å². The van der Waals surface area contributed by atoms with Crippen LogP contribution in [0.5, 0.6) is 5.75 Å². The van der Waals surface area contributed by atoms with E-state index in [0.717, 1.165) is 38.5 Å². The molecule has 0 spiro atoms. The van der Waals surface area contributed by atoms with Gasteiger partial charge in [0.1, 0.15) is 10.6 Å². The number of carbonyl (C=O) groups excluding carboxylic acids is 1. The number of rotatable bonds is 6. The molecule has 1 aliphatic carbocycles. The largest absolute Gasteiger partial charge is 0.495 e. The van der Waals surface area contributed by atoms with Crippen LogP contribution in [-0.2, 0) is 10.0 Å². The number of nitrogens with two attached hydrogens (primary N) is 1. The first-order chi connectivity index (χ1) is 13.0. The summed E-state index contributed by atoms with van der Waals surface area (Å²) in [5.41, 5.74) is 6.17. The van der Waals surface area contributed by atoms with E-state index in [4.69, 9.17) is 10.5 Å². The topological polar surface area (TPSA) is 102 Å². The number of halogens is 1. The van der Waals surface area contributed by atoms with Crippen molar-refractivity contribution in [3.63, 3.8) is 0 Å². The second-order valence-electron chi connectivity index (χ2n) is 7.34. The van der Waals surface area contributed by atoms with Crippen molar-refractivity contribution < 1.29 is 17.9 Å². The first kappa shape index (κ1) is 22.9. The quantitative estimate of drug-likeness (QED) is 0.718. The van der Waals surface area contributed by atoms with Crippen LogP contribution in [0.4, 0.5) is 0 Å². The van der Waals surface area contributed by atoms with E-state index in [1.165, 1.54) is 17.5 Å². The van der Waals surface area contributed by atoms with Crippen LogP contribution in [0.15, 0.2) is 23.1 Å². The Balaban J connectivity index is 0.00000280. The van der Waals surface area contributed by atoms with Gasteiger partial charge >= 0.3 is 0 Å². The number of amides is 1. The van der Waals surface area contributed by atoms with Gasteiger partial charge in [-0.15, -0.1) is 12.4 Å². The summed E-state index contributed by atoms with van der Waals surface area (Å²) >= 11 is 0. The highest BCUT2D eigenvalue weighted by Crippen LogP contribution is 2.30. The van der Waals surface area contributed by atoms with E-state index < -0.39 is 10.0 Å². The number of benzene rings is 1. The smallest absolute Gasteiger partial charge is 0.251 e. The molecule has 3 rings (SSSR count). The van der Waals surface area contributed by atoms with Crippen LogP contribution in [0.2, 0.25) is 0 Å². The molecule has 2 aliphatic rings. The standard InChI is InChI=1S/C19H29N3O4S.ClH/c1-26-17-9-8-14(12-18(17)27(24,25)22-10-4-5-11-22)19(23)21-16-7-3-2-6-15(16)13-20;/h8-9,12,15-16H,2-7,10-11,13,20H2,1H3,(H,21,23);1H. The Kier molecular flexibility index (Phi) is 8.12. The van der Waals surface area contributed by atoms with E-state index in [1.807, 2.05) is 0 Å². The normalized spacial score (nSPS) is 23.1. The van der Waals surface area contributed by atoms with Crippen LogP contribution in [0, 0.1) is 5.92 Å². The zero-order chi connectivity index (χ0) is 19.4. The molecule has 1 saturated carbocycles. The summed E-state index contributed by atoms with van der Waals surface area (Å²) in [5, 5.41) is 3.05. The van der Waals surface area contributed by atoms with Crippen molar-refractivity contribution in [2.45, 2.75) is 49.5 Å². The van der Waals surface area contributed by atoms with Crippen molar-refractivity contribution in [1.29, 1.82) is 0 Å². The number of carbonyl (C=O) groups is 1. The summed E-state index contributed by atoms with van der Waals surface area (Å²) in [6.07, 6.45) is 5.82. The van der Waals surface area contributed by atoms with Crippen LogP contribution < -0.4 is 15.8 Å². The molecule has 1 aromatic rings. The molecule has 0 radical (unpaired) electrons. The van der Waals surface area contributed by atoms with Gasteiger partial charge in [0.05, 0.1) is 7.11 Å². The molecule has 0 aromatic heterocycles. The first-order valence-electron chi connectivity index (χ1n) is 9.66. The van der Waals surface area contributed by atoms with E-state index in [-0.39, 0.29) is 40.9 Å². The van der Waals surface area contributed by atoms with Crippen molar-refractivity contribution in [3.8, 4) is 5.75 Å². The summed E-state index contributed by atoms with van der Waals surface area (Å²) < 4.78 is 32.7. The molecule has 0 bridgehead atoms. The average Bonchev–Trinajstić information content (AvgIpc) is 3.23. The lowest BCUT2D eigenvalue weighted by Crippen LogP contribution is -2.44. The molecule has 1 amide bonds. The Morgan fingerprint density at radius 1 is 1.21 bits per heavy atom. The first-order valence-corrected chi connectivity index (χ1v) is 11.1. The minimum absolute atomic E-state index is 0. The number of sulfonamides is 1. The molecule has 158 valence electrons. The van der Waals surface area contributed by atoms with Gasteiger partial charge in [0.15, 0.2) is 0 Å². The number of nitrogens with one attached hydrogen (secondary N) is 1. The average molecular weight is 432 g/mol. The fraction of sp³-hybridized carbons (Fsp3) is 0.632. The zero-order valence-electron chi connectivity index (χ0n) is 16.2.